The maximum absolute atomic E-state index is 12.6. The third kappa shape index (κ3) is 38.5. The van der Waals surface area contributed by atoms with Gasteiger partial charge in [0.1, 0.15) is 12.7 Å². The van der Waals surface area contributed by atoms with Crippen LogP contribution >= 0.6 is 7.82 Å². The molecule has 0 rings (SSSR count). The van der Waals surface area contributed by atoms with Crippen LogP contribution in [0.2, 0.25) is 0 Å². The van der Waals surface area contributed by atoms with Gasteiger partial charge in [0.05, 0.1) is 19.8 Å². The Kier molecular flexibility index (Phi) is 37.6. The third-order valence-electron chi connectivity index (χ3n) is 9.11. The van der Waals surface area contributed by atoms with E-state index in [1.165, 1.54) is 103 Å². The first-order chi connectivity index (χ1) is 25.7. The van der Waals surface area contributed by atoms with Crippen LogP contribution in [-0.4, -0.2) is 65.7 Å². The predicted octanol–water partition coefficient (Wildman–Crippen LogP) is 11.0. The molecular weight excluding hydrogens is 695 g/mol. The van der Waals surface area contributed by atoms with Crippen LogP contribution < -0.4 is 0 Å². The molecule has 0 amide bonds. The molecule has 0 aromatic rings. The van der Waals surface area contributed by atoms with Crippen molar-refractivity contribution in [1.29, 1.82) is 0 Å². The molecule has 0 radical (unpaired) electrons. The van der Waals surface area contributed by atoms with E-state index in [0.29, 0.717) is 12.8 Å². The lowest BCUT2D eigenvalue weighted by Crippen LogP contribution is -2.29. The van der Waals surface area contributed by atoms with Gasteiger partial charge >= 0.3 is 19.8 Å². The average Bonchev–Trinajstić information content (AvgIpc) is 3.14. The largest absolute Gasteiger partial charge is 0.472 e. The van der Waals surface area contributed by atoms with E-state index in [-0.39, 0.29) is 19.4 Å². The van der Waals surface area contributed by atoms with Gasteiger partial charge in [0.2, 0.25) is 0 Å². The van der Waals surface area contributed by atoms with Crippen LogP contribution in [0.25, 0.3) is 0 Å². The summed E-state index contributed by atoms with van der Waals surface area (Å²) in [6.07, 6.45) is 37.1. The Morgan fingerprint density at radius 3 is 1.49 bits per heavy atom. The summed E-state index contributed by atoms with van der Waals surface area (Å²) in [4.78, 5) is 34.9. The van der Waals surface area contributed by atoms with E-state index >= 15 is 0 Å². The number of carbonyl (C=O) groups excluding carboxylic acids is 2. The first kappa shape index (κ1) is 51.5. The Morgan fingerprint density at radius 2 is 0.981 bits per heavy atom. The van der Waals surface area contributed by atoms with Gasteiger partial charge in [-0.05, 0) is 44.9 Å². The normalized spacial score (nSPS) is 14.1. The number of carbonyl (C=O) groups is 2. The number of allylic oxidation sites excluding steroid dienone is 4. The van der Waals surface area contributed by atoms with Gasteiger partial charge in [0.25, 0.3) is 0 Å². The Labute approximate surface area is 323 Å². The molecule has 10 nitrogen and oxygen atoms in total. The zero-order valence-corrected chi connectivity index (χ0v) is 34.6. The molecule has 0 aliphatic rings. The molecule has 0 heterocycles. The summed E-state index contributed by atoms with van der Waals surface area (Å²) < 4.78 is 32.7. The summed E-state index contributed by atoms with van der Waals surface area (Å²) in [7, 11) is -4.61. The second kappa shape index (κ2) is 38.7. The van der Waals surface area contributed by atoms with Crippen molar-refractivity contribution in [3.05, 3.63) is 24.3 Å². The lowest BCUT2D eigenvalue weighted by molar-refractivity contribution is -0.161. The monoisotopic (exact) mass is 775 g/mol. The Balaban J connectivity index is 4.30. The summed E-state index contributed by atoms with van der Waals surface area (Å²) in [6.45, 7) is 2.35. The molecular formula is C42H79O10P. The fourth-order valence-corrected chi connectivity index (χ4v) is 6.58. The maximum Gasteiger partial charge on any atom is 0.472 e. The number of unbranched alkanes of at least 4 members (excludes halogenated alkanes) is 22. The van der Waals surface area contributed by atoms with Gasteiger partial charge in [0.15, 0.2) is 6.10 Å². The molecule has 0 fully saturated rings. The van der Waals surface area contributed by atoms with Gasteiger partial charge in [0, 0.05) is 12.8 Å². The molecule has 0 saturated heterocycles. The van der Waals surface area contributed by atoms with Crippen molar-refractivity contribution in [1.82, 2.24) is 0 Å². The third-order valence-corrected chi connectivity index (χ3v) is 10.1. The van der Waals surface area contributed by atoms with E-state index in [1.807, 2.05) is 0 Å². The number of esters is 2. The van der Waals surface area contributed by atoms with Crippen LogP contribution in [0.5, 0.6) is 0 Å². The minimum absolute atomic E-state index is 0.178. The molecule has 0 saturated carbocycles. The number of aliphatic hydroxyl groups is 2. The van der Waals surface area contributed by atoms with E-state index in [1.54, 1.807) is 0 Å². The molecule has 3 N–H and O–H groups in total. The minimum Gasteiger partial charge on any atom is -0.462 e. The SMILES string of the molecule is CCCCCC=CCC=CCCCCCCCCCC(=O)OC(COC(=O)CCCCCCCCCCCCCCC)COP(=O)(O)OCC(O)CO. The van der Waals surface area contributed by atoms with E-state index in [9.17, 15) is 24.2 Å². The van der Waals surface area contributed by atoms with Crippen molar-refractivity contribution < 1.29 is 47.8 Å². The highest BCUT2D eigenvalue weighted by atomic mass is 31.2. The van der Waals surface area contributed by atoms with Crippen LogP contribution in [0.3, 0.4) is 0 Å². The van der Waals surface area contributed by atoms with Crippen LogP contribution in [0, 0.1) is 0 Å². The average molecular weight is 775 g/mol. The number of phosphoric acid groups is 1. The Bertz CT molecular complexity index is 941. The Morgan fingerprint density at radius 1 is 0.566 bits per heavy atom. The highest BCUT2D eigenvalue weighted by Gasteiger charge is 2.27. The highest BCUT2D eigenvalue weighted by molar-refractivity contribution is 7.47. The van der Waals surface area contributed by atoms with Crippen molar-refractivity contribution in [3.63, 3.8) is 0 Å². The van der Waals surface area contributed by atoms with Crippen molar-refractivity contribution >= 4 is 19.8 Å². The van der Waals surface area contributed by atoms with Crippen LogP contribution in [-0.2, 0) is 32.7 Å². The van der Waals surface area contributed by atoms with Gasteiger partial charge < -0.3 is 24.6 Å². The first-order valence-electron chi connectivity index (χ1n) is 21.3. The summed E-state index contributed by atoms with van der Waals surface area (Å²) in [5.74, 6) is -0.928. The fourth-order valence-electron chi connectivity index (χ4n) is 5.79. The van der Waals surface area contributed by atoms with Gasteiger partial charge in [-0.3, -0.25) is 18.6 Å². The standard InChI is InChI=1S/C42H79O10P/c1-3-5-7-9-11-13-15-17-18-19-20-22-24-26-28-30-32-34-42(46)52-40(38-51-53(47,48)50-36-39(44)35-43)37-49-41(45)33-31-29-27-25-23-21-16-14-12-10-8-6-4-2/h11,13,17-18,39-40,43-44H,3-10,12,14-16,19-38H2,1-2H3,(H,47,48). The summed E-state index contributed by atoms with van der Waals surface area (Å²) in [5, 5.41) is 18.3. The smallest absolute Gasteiger partial charge is 0.462 e. The number of phosphoric ester groups is 1. The number of rotatable bonds is 40. The van der Waals surface area contributed by atoms with Crippen molar-refractivity contribution in [2.24, 2.45) is 0 Å². The zero-order valence-electron chi connectivity index (χ0n) is 33.7. The summed E-state index contributed by atoms with van der Waals surface area (Å²) >= 11 is 0. The molecule has 53 heavy (non-hydrogen) atoms. The number of aliphatic hydroxyl groups excluding tert-OH is 2. The lowest BCUT2D eigenvalue weighted by Gasteiger charge is -2.20. The zero-order chi connectivity index (χ0) is 39.1. The molecule has 0 bridgehead atoms. The van der Waals surface area contributed by atoms with E-state index < -0.39 is 51.8 Å². The number of hydrogen-bond acceptors (Lipinski definition) is 9. The minimum atomic E-state index is -4.61. The summed E-state index contributed by atoms with van der Waals surface area (Å²) in [5.41, 5.74) is 0. The number of ether oxygens (including phenoxy) is 2. The fraction of sp³-hybridized carbons (Fsp3) is 0.857. The number of hydrogen-bond donors (Lipinski definition) is 3. The molecule has 3 atom stereocenters. The Hall–Kier alpha value is -1.55. The molecule has 0 spiro atoms. The maximum atomic E-state index is 12.6. The van der Waals surface area contributed by atoms with Crippen LogP contribution in [0.15, 0.2) is 24.3 Å². The van der Waals surface area contributed by atoms with E-state index in [0.717, 1.165) is 51.4 Å². The molecule has 0 aliphatic carbocycles. The molecule has 312 valence electrons. The lowest BCUT2D eigenvalue weighted by atomic mass is 10.0. The topological polar surface area (TPSA) is 149 Å². The van der Waals surface area contributed by atoms with Gasteiger partial charge in [-0.2, -0.15) is 0 Å². The first-order valence-corrected chi connectivity index (χ1v) is 22.8. The molecule has 0 aliphatic heterocycles. The van der Waals surface area contributed by atoms with Gasteiger partial charge in [-0.1, -0.05) is 160 Å². The molecule has 3 unspecified atom stereocenters. The second-order valence-corrected chi connectivity index (χ2v) is 15.8. The van der Waals surface area contributed by atoms with Crippen LogP contribution in [0.4, 0.5) is 0 Å². The quantitative estimate of drug-likeness (QED) is 0.0238. The van der Waals surface area contributed by atoms with Gasteiger partial charge in [-0.15, -0.1) is 0 Å². The molecule has 0 aromatic heterocycles. The molecule has 11 heteroatoms. The second-order valence-electron chi connectivity index (χ2n) is 14.4. The highest BCUT2D eigenvalue weighted by Crippen LogP contribution is 2.43. The van der Waals surface area contributed by atoms with Crippen LogP contribution in [0.1, 0.15) is 194 Å². The van der Waals surface area contributed by atoms with Crippen molar-refractivity contribution in [3.8, 4) is 0 Å². The van der Waals surface area contributed by atoms with E-state index in [2.05, 4.69) is 42.7 Å². The summed E-state index contributed by atoms with van der Waals surface area (Å²) in [6, 6.07) is 0. The predicted molar refractivity (Wildman–Crippen MR) is 215 cm³/mol. The van der Waals surface area contributed by atoms with E-state index in [4.69, 9.17) is 19.1 Å². The van der Waals surface area contributed by atoms with Gasteiger partial charge in [-0.25, -0.2) is 4.57 Å². The van der Waals surface area contributed by atoms with Crippen molar-refractivity contribution in [2.45, 2.75) is 206 Å². The molecule has 0 aromatic carbocycles. The van der Waals surface area contributed by atoms with Crippen molar-refractivity contribution in [2.75, 3.05) is 26.4 Å².